The van der Waals surface area contributed by atoms with Crippen molar-refractivity contribution in [3.63, 3.8) is 0 Å². The third-order valence-corrected chi connectivity index (χ3v) is 4.21. The summed E-state index contributed by atoms with van der Waals surface area (Å²) in [5, 5.41) is 9.56. The average Bonchev–Trinajstić information content (AvgIpc) is 2.92. The number of hydrogen-bond donors (Lipinski definition) is 0. The van der Waals surface area contributed by atoms with Crippen LogP contribution in [0.4, 0.5) is 0 Å². The number of nitriles is 1. The van der Waals surface area contributed by atoms with Crippen LogP contribution < -0.4 is 0 Å². The Morgan fingerprint density at radius 2 is 1.78 bits per heavy atom. The smallest absolute Gasteiger partial charge is 0.102 e. The Kier molecular flexibility index (Phi) is 4.45. The van der Waals surface area contributed by atoms with Crippen molar-refractivity contribution in [2.75, 3.05) is 0 Å². The van der Waals surface area contributed by atoms with Gasteiger partial charge in [-0.25, -0.2) is 0 Å². The van der Waals surface area contributed by atoms with Crippen molar-refractivity contribution >= 4 is 5.52 Å². The number of rotatable bonds is 5. The van der Waals surface area contributed by atoms with Gasteiger partial charge in [0.05, 0.1) is 11.1 Å². The molecule has 0 radical (unpaired) electrons. The summed E-state index contributed by atoms with van der Waals surface area (Å²) in [4.78, 5) is 2.39. The zero-order valence-corrected chi connectivity index (χ0v) is 13.6. The topological polar surface area (TPSA) is 31.4 Å². The predicted molar refractivity (Wildman–Crippen MR) is 92.9 cm³/mol. The molecule has 0 aliphatic carbocycles. The SMILES string of the molecule is CC(C)N(Cc1ccccc1)Cc1cn2ccccc2c1C#N. The molecule has 0 N–H and O–H groups in total. The van der Waals surface area contributed by atoms with E-state index in [1.807, 2.05) is 34.9 Å². The molecule has 0 aliphatic rings. The highest BCUT2D eigenvalue weighted by molar-refractivity contribution is 5.65. The second kappa shape index (κ2) is 6.68. The summed E-state index contributed by atoms with van der Waals surface area (Å²) in [6.07, 6.45) is 4.07. The van der Waals surface area contributed by atoms with Gasteiger partial charge in [0.2, 0.25) is 0 Å². The van der Waals surface area contributed by atoms with Gasteiger partial charge in [-0.05, 0) is 31.5 Å². The van der Waals surface area contributed by atoms with E-state index in [9.17, 15) is 5.26 Å². The molecule has 0 aliphatic heterocycles. The molecule has 0 amide bonds. The summed E-state index contributed by atoms with van der Waals surface area (Å²) in [5.74, 6) is 0. The van der Waals surface area contributed by atoms with Gasteiger partial charge in [0.15, 0.2) is 0 Å². The van der Waals surface area contributed by atoms with Crippen LogP contribution in [0.1, 0.15) is 30.5 Å². The number of fused-ring (bicyclic) bond motifs is 1. The molecule has 0 spiro atoms. The van der Waals surface area contributed by atoms with Crippen molar-refractivity contribution in [2.45, 2.75) is 33.0 Å². The van der Waals surface area contributed by atoms with Crippen molar-refractivity contribution in [1.29, 1.82) is 5.26 Å². The first-order valence-corrected chi connectivity index (χ1v) is 7.95. The van der Waals surface area contributed by atoms with Crippen LogP contribution in [0.15, 0.2) is 60.9 Å². The minimum Gasteiger partial charge on any atom is -0.322 e. The molecule has 1 aromatic carbocycles. The van der Waals surface area contributed by atoms with E-state index in [0.29, 0.717) is 6.04 Å². The molecule has 2 heterocycles. The monoisotopic (exact) mass is 303 g/mol. The van der Waals surface area contributed by atoms with Crippen molar-refractivity contribution in [2.24, 2.45) is 0 Å². The molecule has 3 aromatic rings. The van der Waals surface area contributed by atoms with Gasteiger partial charge in [-0.3, -0.25) is 4.90 Å². The van der Waals surface area contributed by atoms with Gasteiger partial charge in [-0.2, -0.15) is 5.26 Å². The quantitative estimate of drug-likeness (QED) is 0.706. The molecule has 0 atom stereocenters. The largest absolute Gasteiger partial charge is 0.322 e. The number of nitrogens with zero attached hydrogens (tertiary/aromatic N) is 3. The number of pyridine rings is 1. The van der Waals surface area contributed by atoms with Crippen LogP contribution in [0.5, 0.6) is 0 Å². The van der Waals surface area contributed by atoms with Gasteiger partial charge < -0.3 is 4.40 Å². The maximum absolute atomic E-state index is 9.56. The van der Waals surface area contributed by atoms with E-state index in [1.54, 1.807) is 0 Å². The molecular formula is C20H21N3. The van der Waals surface area contributed by atoms with Crippen molar-refractivity contribution in [1.82, 2.24) is 9.30 Å². The van der Waals surface area contributed by atoms with Gasteiger partial charge in [-0.1, -0.05) is 36.4 Å². The highest BCUT2D eigenvalue weighted by atomic mass is 15.1. The zero-order valence-electron chi connectivity index (χ0n) is 13.6. The molecule has 3 heteroatoms. The van der Waals surface area contributed by atoms with Crippen LogP contribution >= 0.6 is 0 Å². The Balaban J connectivity index is 1.90. The lowest BCUT2D eigenvalue weighted by Crippen LogP contribution is -2.29. The minimum absolute atomic E-state index is 0.407. The van der Waals surface area contributed by atoms with Crippen LogP contribution in [0.25, 0.3) is 5.52 Å². The van der Waals surface area contributed by atoms with E-state index in [1.165, 1.54) is 5.56 Å². The highest BCUT2D eigenvalue weighted by Crippen LogP contribution is 2.21. The lowest BCUT2D eigenvalue weighted by atomic mass is 10.1. The molecule has 0 saturated heterocycles. The summed E-state index contributed by atoms with van der Waals surface area (Å²) >= 11 is 0. The molecule has 0 saturated carbocycles. The molecule has 3 nitrogen and oxygen atoms in total. The first-order chi connectivity index (χ1) is 11.2. The molecule has 23 heavy (non-hydrogen) atoms. The van der Waals surface area contributed by atoms with E-state index in [2.05, 4.69) is 55.3 Å². The Morgan fingerprint density at radius 3 is 2.48 bits per heavy atom. The number of aromatic nitrogens is 1. The first-order valence-electron chi connectivity index (χ1n) is 7.95. The maximum Gasteiger partial charge on any atom is 0.102 e. The van der Waals surface area contributed by atoms with Crippen LogP contribution in [-0.4, -0.2) is 15.3 Å². The lowest BCUT2D eigenvalue weighted by Gasteiger charge is -2.26. The summed E-state index contributed by atoms with van der Waals surface area (Å²) in [7, 11) is 0. The standard InChI is InChI=1S/C20H21N3/c1-16(2)23(13-17-8-4-3-5-9-17)15-18-14-22-11-7-6-10-20(22)19(18)12-21/h3-11,14,16H,13,15H2,1-2H3. The van der Waals surface area contributed by atoms with Crippen LogP contribution in [0, 0.1) is 11.3 Å². The van der Waals surface area contributed by atoms with E-state index in [-0.39, 0.29) is 0 Å². The highest BCUT2D eigenvalue weighted by Gasteiger charge is 2.16. The van der Waals surface area contributed by atoms with Crippen molar-refractivity contribution in [3.8, 4) is 6.07 Å². The molecule has 3 rings (SSSR count). The zero-order chi connectivity index (χ0) is 16.2. The average molecular weight is 303 g/mol. The lowest BCUT2D eigenvalue weighted by molar-refractivity contribution is 0.203. The molecule has 116 valence electrons. The van der Waals surface area contributed by atoms with Gasteiger partial charge in [-0.15, -0.1) is 0 Å². The number of hydrogen-bond acceptors (Lipinski definition) is 2. The third kappa shape index (κ3) is 3.28. The summed E-state index contributed by atoms with van der Waals surface area (Å²) < 4.78 is 2.04. The molecule has 0 unspecified atom stereocenters. The second-order valence-electron chi connectivity index (χ2n) is 6.12. The van der Waals surface area contributed by atoms with Gasteiger partial charge in [0.1, 0.15) is 6.07 Å². The van der Waals surface area contributed by atoms with Gasteiger partial charge >= 0.3 is 0 Å². The summed E-state index contributed by atoms with van der Waals surface area (Å²) in [6.45, 7) is 6.06. The van der Waals surface area contributed by atoms with E-state index in [4.69, 9.17) is 0 Å². The van der Waals surface area contributed by atoms with E-state index < -0.39 is 0 Å². The van der Waals surface area contributed by atoms with Gasteiger partial charge in [0, 0.05) is 37.1 Å². The van der Waals surface area contributed by atoms with Crippen LogP contribution in [0.2, 0.25) is 0 Å². The fourth-order valence-electron chi connectivity index (χ4n) is 2.88. The second-order valence-corrected chi connectivity index (χ2v) is 6.12. The summed E-state index contributed by atoms with van der Waals surface area (Å²) in [5.41, 5.74) is 4.14. The predicted octanol–water partition coefficient (Wildman–Crippen LogP) is 4.22. The van der Waals surface area contributed by atoms with E-state index in [0.717, 1.165) is 29.7 Å². The minimum atomic E-state index is 0.407. The number of benzene rings is 1. The Morgan fingerprint density at radius 1 is 1.04 bits per heavy atom. The Hall–Kier alpha value is -2.57. The molecule has 0 bridgehead atoms. The Labute approximate surface area is 137 Å². The van der Waals surface area contributed by atoms with Crippen molar-refractivity contribution in [3.05, 3.63) is 77.6 Å². The normalized spacial score (nSPS) is 11.3. The fourth-order valence-corrected chi connectivity index (χ4v) is 2.88. The first kappa shape index (κ1) is 15.3. The van der Waals surface area contributed by atoms with Crippen LogP contribution in [0.3, 0.4) is 0 Å². The fraction of sp³-hybridized carbons (Fsp3) is 0.250. The summed E-state index contributed by atoms with van der Waals surface area (Å²) in [6, 6.07) is 19.2. The maximum atomic E-state index is 9.56. The molecule has 2 aromatic heterocycles. The van der Waals surface area contributed by atoms with E-state index >= 15 is 0 Å². The molecular weight excluding hydrogens is 282 g/mol. The molecule has 0 fully saturated rings. The van der Waals surface area contributed by atoms with Crippen LogP contribution in [-0.2, 0) is 13.1 Å². The Bertz CT molecular complexity index is 825. The third-order valence-electron chi connectivity index (χ3n) is 4.21. The van der Waals surface area contributed by atoms with Gasteiger partial charge in [0.25, 0.3) is 0 Å². The van der Waals surface area contributed by atoms with Crippen molar-refractivity contribution < 1.29 is 0 Å².